The highest BCUT2D eigenvalue weighted by molar-refractivity contribution is 5.82. The van der Waals surface area contributed by atoms with Gasteiger partial charge in [0, 0.05) is 0 Å². The molecule has 0 N–H and O–H groups in total. The van der Waals surface area contributed by atoms with Crippen molar-refractivity contribution in [2.24, 2.45) is 11.8 Å². The minimum absolute atomic E-state index is 0.291. The van der Waals surface area contributed by atoms with E-state index in [0.717, 1.165) is 12.8 Å². The third kappa shape index (κ3) is 5.23. The van der Waals surface area contributed by atoms with Gasteiger partial charge in [0.2, 0.25) is 0 Å². The Morgan fingerprint density at radius 1 is 1.00 bits per heavy atom. The Kier molecular flexibility index (Phi) is 6.85. The molecule has 0 spiro atoms. The highest BCUT2D eigenvalue weighted by Crippen LogP contribution is 2.28. The number of carbonyl (C=O) groups is 2. The SMILES string of the molecule is CCOC(=O)C1CC=CCC1C(=O)OCCCc1ccccc1. The maximum Gasteiger partial charge on any atom is 0.310 e. The van der Waals surface area contributed by atoms with Gasteiger partial charge < -0.3 is 9.47 Å². The molecule has 1 aromatic rings. The number of carbonyl (C=O) groups excluding carboxylic acids is 2. The average Bonchev–Trinajstić information content (AvgIpc) is 2.59. The molecule has 4 nitrogen and oxygen atoms in total. The van der Waals surface area contributed by atoms with E-state index >= 15 is 0 Å². The first-order chi connectivity index (χ1) is 11.2. The van der Waals surface area contributed by atoms with E-state index in [4.69, 9.17) is 9.47 Å². The molecule has 0 saturated carbocycles. The highest BCUT2D eigenvalue weighted by atomic mass is 16.5. The fourth-order valence-electron chi connectivity index (χ4n) is 2.79. The highest BCUT2D eigenvalue weighted by Gasteiger charge is 2.36. The van der Waals surface area contributed by atoms with Gasteiger partial charge in [0.25, 0.3) is 0 Å². The topological polar surface area (TPSA) is 52.6 Å². The van der Waals surface area contributed by atoms with Crippen molar-refractivity contribution in [2.45, 2.75) is 32.6 Å². The lowest BCUT2D eigenvalue weighted by Gasteiger charge is -2.25. The van der Waals surface area contributed by atoms with Crippen molar-refractivity contribution < 1.29 is 19.1 Å². The predicted octanol–water partition coefficient (Wildman–Crippen LogP) is 3.31. The molecule has 0 aliphatic heterocycles. The lowest BCUT2D eigenvalue weighted by molar-refractivity contribution is -0.160. The first kappa shape index (κ1) is 17.3. The molecule has 1 aromatic carbocycles. The van der Waals surface area contributed by atoms with Gasteiger partial charge in [0.1, 0.15) is 0 Å². The summed E-state index contributed by atoms with van der Waals surface area (Å²) >= 11 is 0. The van der Waals surface area contributed by atoms with Crippen LogP contribution < -0.4 is 0 Å². The van der Waals surface area contributed by atoms with Crippen LogP contribution in [0.2, 0.25) is 0 Å². The molecule has 23 heavy (non-hydrogen) atoms. The standard InChI is InChI=1S/C19H24O4/c1-2-22-18(20)16-12-6-7-13-17(16)19(21)23-14-8-11-15-9-4-3-5-10-15/h3-7,9-10,16-17H,2,8,11-14H2,1H3. The Bertz CT molecular complexity index is 536. The molecular formula is C19H24O4. The van der Waals surface area contributed by atoms with Crippen LogP contribution in [0.1, 0.15) is 31.7 Å². The minimum Gasteiger partial charge on any atom is -0.466 e. The zero-order chi connectivity index (χ0) is 16.5. The summed E-state index contributed by atoms with van der Waals surface area (Å²) in [5.74, 6) is -1.43. The summed E-state index contributed by atoms with van der Waals surface area (Å²) in [6.07, 6.45) is 6.61. The van der Waals surface area contributed by atoms with Crippen LogP contribution >= 0.6 is 0 Å². The fourth-order valence-corrected chi connectivity index (χ4v) is 2.79. The van der Waals surface area contributed by atoms with E-state index in [1.165, 1.54) is 5.56 Å². The zero-order valence-corrected chi connectivity index (χ0v) is 13.6. The number of ether oxygens (including phenoxy) is 2. The average molecular weight is 316 g/mol. The van der Waals surface area contributed by atoms with Gasteiger partial charge in [0.15, 0.2) is 0 Å². The maximum atomic E-state index is 12.3. The van der Waals surface area contributed by atoms with Crippen LogP contribution in [0, 0.1) is 11.8 Å². The second-order valence-corrected chi connectivity index (χ2v) is 5.66. The number of benzene rings is 1. The minimum atomic E-state index is -0.421. The third-order valence-electron chi connectivity index (χ3n) is 4.02. The number of hydrogen-bond acceptors (Lipinski definition) is 4. The van der Waals surface area contributed by atoms with Gasteiger partial charge in [-0.2, -0.15) is 0 Å². The summed E-state index contributed by atoms with van der Waals surface area (Å²) in [4.78, 5) is 24.2. The van der Waals surface area contributed by atoms with Gasteiger partial charge in [-0.05, 0) is 38.2 Å². The molecule has 0 fully saturated rings. The molecule has 0 heterocycles. The largest absolute Gasteiger partial charge is 0.466 e. The van der Waals surface area contributed by atoms with E-state index in [1.807, 2.05) is 30.4 Å². The number of rotatable bonds is 7. The molecule has 124 valence electrons. The molecule has 0 aromatic heterocycles. The van der Waals surface area contributed by atoms with Crippen molar-refractivity contribution in [1.82, 2.24) is 0 Å². The molecule has 2 rings (SSSR count). The number of allylic oxidation sites excluding steroid dienone is 2. The summed E-state index contributed by atoms with van der Waals surface area (Å²) < 4.78 is 10.4. The lowest BCUT2D eigenvalue weighted by Crippen LogP contribution is -2.33. The summed E-state index contributed by atoms with van der Waals surface area (Å²) in [6.45, 7) is 2.48. The van der Waals surface area contributed by atoms with Crippen molar-refractivity contribution >= 4 is 11.9 Å². The predicted molar refractivity (Wildman–Crippen MR) is 87.7 cm³/mol. The first-order valence-corrected chi connectivity index (χ1v) is 8.24. The van der Waals surface area contributed by atoms with Gasteiger partial charge in [-0.3, -0.25) is 9.59 Å². The normalized spacial score (nSPS) is 20.0. The molecule has 2 atom stereocenters. The summed E-state index contributed by atoms with van der Waals surface area (Å²) in [5.41, 5.74) is 1.23. The molecule has 0 bridgehead atoms. The van der Waals surface area contributed by atoms with Crippen LogP contribution in [0.15, 0.2) is 42.5 Å². The summed E-state index contributed by atoms with van der Waals surface area (Å²) in [5, 5.41) is 0. The van der Waals surface area contributed by atoms with Gasteiger partial charge >= 0.3 is 11.9 Å². The molecule has 0 radical (unpaired) electrons. The van der Waals surface area contributed by atoms with E-state index in [-0.39, 0.29) is 11.9 Å². The summed E-state index contributed by atoms with van der Waals surface area (Å²) in [7, 11) is 0. The first-order valence-electron chi connectivity index (χ1n) is 8.24. The van der Waals surface area contributed by atoms with Crippen molar-refractivity contribution in [2.75, 3.05) is 13.2 Å². The van der Waals surface area contributed by atoms with Crippen LogP contribution in [0.25, 0.3) is 0 Å². The van der Waals surface area contributed by atoms with Crippen molar-refractivity contribution in [1.29, 1.82) is 0 Å². The molecule has 1 aliphatic rings. The fraction of sp³-hybridized carbons (Fsp3) is 0.474. The summed E-state index contributed by atoms with van der Waals surface area (Å²) in [6, 6.07) is 10.1. The Balaban J connectivity index is 1.79. The van der Waals surface area contributed by atoms with Crippen LogP contribution in [-0.4, -0.2) is 25.2 Å². The number of hydrogen-bond donors (Lipinski definition) is 0. The number of aryl methyl sites for hydroxylation is 1. The van der Waals surface area contributed by atoms with Crippen LogP contribution in [-0.2, 0) is 25.5 Å². The van der Waals surface area contributed by atoms with Crippen LogP contribution in [0.3, 0.4) is 0 Å². The van der Waals surface area contributed by atoms with Crippen molar-refractivity contribution in [3.05, 3.63) is 48.0 Å². The number of esters is 2. The zero-order valence-electron chi connectivity index (χ0n) is 13.6. The Morgan fingerprint density at radius 2 is 1.61 bits per heavy atom. The van der Waals surface area contributed by atoms with Crippen LogP contribution in [0.4, 0.5) is 0 Å². The second kappa shape index (κ2) is 9.13. The molecule has 2 unspecified atom stereocenters. The van der Waals surface area contributed by atoms with E-state index in [9.17, 15) is 9.59 Å². The molecule has 1 aliphatic carbocycles. The van der Waals surface area contributed by atoms with Gasteiger partial charge in [-0.15, -0.1) is 0 Å². The smallest absolute Gasteiger partial charge is 0.310 e. The monoisotopic (exact) mass is 316 g/mol. The Labute approximate surface area is 137 Å². The molecule has 0 saturated heterocycles. The lowest BCUT2D eigenvalue weighted by atomic mass is 9.83. The molecule has 0 amide bonds. The molecule has 4 heteroatoms. The van der Waals surface area contributed by atoms with Gasteiger partial charge in [-0.25, -0.2) is 0 Å². The van der Waals surface area contributed by atoms with E-state index in [2.05, 4.69) is 12.1 Å². The second-order valence-electron chi connectivity index (χ2n) is 5.66. The van der Waals surface area contributed by atoms with Gasteiger partial charge in [-0.1, -0.05) is 42.5 Å². The Hall–Kier alpha value is -2.10. The maximum absolute atomic E-state index is 12.3. The van der Waals surface area contributed by atoms with Crippen LogP contribution in [0.5, 0.6) is 0 Å². The third-order valence-corrected chi connectivity index (χ3v) is 4.02. The van der Waals surface area contributed by atoms with E-state index in [1.54, 1.807) is 6.92 Å². The van der Waals surface area contributed by atoms with Crippen molar-refractivity contribution in [3.8, 4) is 0 Å². The quantitative estimate of drug-likeness (QED) is 0.440. The van der Waals surface area contributed by atoms with Gasteiger partial charge in [0.05, 0.1) is 25.0 Å². The molecular weight excluding hydrogens is 292 g/mol. The van der Waals surface area contributed by atoms with E-state index < -0.39 is 11.8 Å². The van der Waals surface area contributed by atoms with Crippen molar-refractivity contribution in [3.63, 3.8) is 0 Å². The Morgan fingerprint density at radius 3 is 2.22 bits per heavy atom. The van der Waals surface area contributed by atoms with E-state index in [0.29, 0.717) is 26.1 Å².